The summed E-state index contributed by atoms with van der Waals surface area (Å²) in [5.41, 5.74) is 5.85. The summed E-state index contributed by atoms with van der Waals surface area (Å²) >= 11 is 0.924. The van der Waals surface area contributed by atoms with Crippen molar-refractivity contribution in [2.45, 2.75) is 24.2 Å². The molecule has 2 aromatic rings. The Balaban J connectivity index is 1.56. The maximum absolute atomic E-state index is 13.9. The van der Waals surface area contributed by atoms with Gasteiger partial charge in [0, 0.05) is 36.7 Å². The monoisotopic (exact) mass is 549 g/mol. The molecule has 3 aliphatic carbocycles. The Morgan fingerprint density at radius 3 is 2.41 bits per heavy atom. The van der Waals surface area contributed by atoms with Crippen molar-refractivity contribution in [2.75, 3.05) is 24.3 Å². The fraction of sp³-hybridized carbons (Fsp3) is 0.286. The van der Waals surface area contributed by atoms with Crippen LogP contribution >= 0.6 is 11.8 Å². The second-order valence-corrected chi connectivity index (χ2v) is 11.2. The number of phenolic OH excluding ortho intramolecular Hbond substituents is 1. The number of hydrogen-bond acceptors (Lipinski definition) is 9. The first-order valence-corrected chi connectivity index (χ1v) is 13.1. The number of nitrogens with one attached hydrogen (secondary N) is 1. The van der Waals surface area contributed by atoms with E-state index < -0.39 is 63.3 Å². The number of rotatable bonds is 4. The number of aliphatic hydroxyl groups excluding tert-OH is 2. The largest absolute Gasteiger partial charge is 0.511 e. The highest BCUT2D eigenvalue weighted by molar-refractivity contribution is 8.13. The number of allylic oxidation sites excluding steroid dienone is 3. The van der Waals surface area contributed by atoms with Crippen molar-refractivity contribution in [1.29, 1.82) is 0 Å². The van der Waals surface area contributed by atoms with Crippen molar-refractivity contribution >= 4 is 45.8 Å². The molecule has 6 N–H and O–H groups in total. The summed E-state index contributed by atoms with van der Waals surface area (Å²) in [5, 5.41) is 34.9. The third-order valence-electron chi connectivity index (χ3n) is 7.54. The van der Waals surface area contributed by atoms with Crippen LogP contribution in [-0.2, 0) is 16.0 Å². The van der Waals surface area contributed by atoms with Gasteiger partial charge in [-0.2, -0.15) is 0 Å². The quantitative estimate of drug-likeness (QED) is 0.216. The Bertz CT molecular complexity index is 1500. The van der Waals surface area contributed by atoms with E-state index in [1.54, 1.807) is 49.3 Å². The van der Waals surface area contributed by atoms with Crippen molar-refractivity contribution in [3.05, 3.63) is 70.2 Å². The van der Waals surface area contributed by atoms with Crippen LogP contribution in [0.5, 0.6) is 5.75 Å². The minimum atomic E-state index is -1.19. The molecule has 5 rings (SSSR count). The number of anilines is 2. The first-order valence-electron chi connectivity index (χ1n) is 12.3. The van der Waals surface area contributed by atoms with Gasteiger partial charge in [0.25, 0.3) is 11.1 Å². The predicted octanol–water partition coefficient (Wildman–Crippen LogP) is 3.86. The fourth-order valence-corrected chi connectivity index (χ4v) is 6.58. The van der Waals surface area contributed by atoms with E-state index >= 15 is 0 Å². The summed E-state index contributed by atoms with van der Waals surface area (Å²) in [5.74, 6) is -6.08. The number of Topliss-reactive ketones (excluding diaryl/α,β-unsaturated/α-hetero) is 2. The zero-order chi connectivity index (χ0) is 28.2. The SMILES string of the molecule is CN(C)c1cc(NC(=O)Sc2ccccc2)c(O)c2c1CC1CC3CC(O)=C(C(N)=O)C(=O)C3C(O)=C1C2=O. The molecule has 202 valence electrons. The van der Waals surface area contributed by atoms with Gasteiger partial charge in [0.05, 0.1) is 17.2 Å². The standard InChI is InChI=1S/C28H27N3O7S/c1-31(2)17-11-16(30-28(38)39-14-6-4-3-5-7-14)23(33)21-15(17)9-12-8-13-10-18(32)22(27(29)37)26(36)20(13)24(34)19(12)25(21)35/h3-7,11-13,20,32-34H,8-10H2,1-2H3,(H2,29,37)(H,30,38). The second-order valence-electron chi connectivity index (χ2n) is 10.1. The van der Waals surface area contributed by atoms with E-state index in [4.69, 9.17) is 5.73 Å². The van der Waals surface area contributed by atoms with E-state index in [9.17, 15) is 34.5 Å². The Labute approximate surface area is 228 Å². The van der Waals surface area contributed by atoms with E-state index in [0.29, 0.717) is 22.6 Å². The van der Waals surface area contributed by atoms with E-state index in [1.165, 1.54) is 0 Å². The van der Waals surface area contributed by atoms with Crippen molar-refractivity contribution in [2.24, 2.45) is 23.5 Å². The van der Waals surface area contributed by atoms with Crippen LogP contribution in [0.1, 0.15) is 28.8 Å². The first kappa shape index (κ1) is 26.4. The summed E-state index contributed by atoms with van der Waals surface area (Å²) < 4.78 is 0. The number of aromatic hydroxyl groups is 1. The number of primary amides is 1. The predicted molar refractivity (Wildman–Crippen MR) is 145 cm³/mol. The second kappa shape index (κ2) is 9.81. The average molecular weight is 550 g/mol. The lowest BCUT2D eigenvalue weighted by atomic mass is 9.62. The van der Waals surface area contributed by atoms with Gasteiger partial charge in [0.15, 0.2) is 17.3 Å². The Hall–Kier alpha value is -4.25. The molecule has 0 fully saturated rings. The lowest BCUT2D eigenvalue weighted by Crippen LogP contribution is -2.43. The molecule has 0 bridgehead atoms. The molecule has 0 saturated carbocycles. The molecule has 0 radical (unpaired) electrons. The number of aliphatic hydroxyl groups is 2. The molecule has 39 heavy (non-hydrogen) atoms. The van der Waals surface area contributed by atoms with Crippen LogP contribution < -0.4 is 16.0 Å². The van der Waals surface area contributed by atoms with Crippen LogP contribution in [0.3, 0.4) is 0 Å². The summed E-state index contributed by atoms with van der Waals surface area (Å²) in [6.07, 6.45) is 0.551. The average Bonchev–Trinajstić information content (AvgIpc) is 2.85. The van der Waals surface area contributed by atoms with Gasteiger partial charge in [-0.05, 0) is 60.2 Å². The summed E-state index contributed by atoms with van der Waals surface area (Å²) in [7, 11) is 3.55. The fourth-order valence-electron chi connectivity index (χ4n) is 5.91. The van der Waals surface area contributed by atoms with Crippen LogP contribution in [0, 0.1) is 17.8 Å². The number of amides is 2. The zero-order valence-corrected chi connectivity index (χ0v) is 22.0. The smallest absolute Gasteiger partial charge is 0.288 e. The lowest BCUT2D eigenvalue weighted by Gasteiger charge is -2.41. The van der Waals surface area contributed by atoms with E-state index in [0.717, 1.165) is 11.8 Å². The Kier molecular flexibility index (Phi) is 6.63. The lowest BCUT2D eigenvalue weighted by molar-refractivity contribution is -0.126. The molecule has 2 aromatic carbocycles. The summed E-state index contributed by atoms with van der Waals surface area (Å²) in [6.45, 7) is 0. The number of carbonyl (C=O) groups is 4. The Morgan fingerprint density at radius 1 is 1.08 bits per heavy atom. The molecule has 0 heterocycles. The number of ketones is 2. The molecule has 2 amide bonds. The van der Waals surface area contributed by atoms with Crippen molar-refractivity contribution in [1.82, 2.24) is 0 Å². The van der Waals surface area contributed by atoms with Crippen LogP contribution in [-0.4, -0.2) is 52.1 Å². The van der Waals surface area contributed by atoms with Gasteiger partial charge in [-0.1, -0.05) is 18.2 Å². The van der Waals surface area contributed by atoms with E-state index in [1.807, 2.05) is 6.07 Å². The number of fused-ring (bicyclic) bond motifs is 3. The number of hydrogen-bond donors (Lipinski definition) is 5. The molecule has 0 spiro atoms. The van der Waals surface area contributed by atoms with Gasteiger partial charge in [-0.15, -0.1) is 0 Å². The number of carbonyl (C=O) groups excluding carboxylic acids is 4. The number of benzene rings is 2. The van der Waals surface area contributed by atoms with Crippen molar-refractivity contribution in [3.8, 4) is 5.75 Å². The van der Waals surface area contributed by atoms with Gasteiger partial charge >= 0.3 is 0 Å². The molecule has 0 aromatic heterocycles. The zero-order valence-electron chi connectivity index (χ0n) is 21.2. The molecule has 10 nitrogen and oxygen atoms in total. The number of nitrogens with zero attached hydrogens (tertiary/aromatic N) is 1. The molecule has 0 aliphatic heterocycles. The van der Waals surface area contributed by atoms with Crippen LogP contribution in [0.4, 0.5) is 16.2 Å². The van der Waals surface area contributed by atoms with E-state index in [2.05, 4.69) is 5.32 Å². The number of nitrogens with two attached hydrogens (primary N) is 1. The maximum atomic E-state index is 13.9. The maximum Gasteiger partial charge on any atom is 0.288 e. The topological polar surface area (TPSA) is 170 Å². The third-order valence-corrected chi connectivity index (χ3v) is 8.33. The molecule has 3 aliphatic rings. The highest BCUT2D eigenvalue weighted by Crippen LogP contribution is 2.51. The van der Waals surface area contributed by atoms with Gasteiger partial charge in [-0.25, -0.2) is 0 Å². The molecular formula is C28H27N3O7S. The summed E-state index contributed by atoms with van der Waals surface area (Å²) in [4.78, 5) is 53.9. The van der Waals surface area contributed by atoms with E-state index in [-0.39, 0.29) is 29.7 Å². The Morgan fingerprint density at radius 2 is 1.77 bits per heavy atom. The van der Waals surface area contributed by atoms with Crippen LogP contribution in [0.15, 0.2) is 64.0 Å². The highest BCUT2D eigenvalue weighted by Gasteiger charge is 2.50. The normalized spacial score (nSPS) is 22.2. The van der Waals surface area contributed by atoms with Gasteiger partial charge in [0.2, 0.25) is 0 Å². The highest BCUT2D eigenvalue weighted by atomic mass is 32.2. The summed E-state index contributed by atoms with van der Waals surface area (Å²) in [6, 6.07) is 10.5. The van der Waals surface area contributed by atoms with Gasteiger partial charge in [0.1, 0.15) is 17.1 Å². The van der Waals surface area contributed by atoms with Gasteiger partial charge < -0.3 is 31.3 Å². The van der Waals surface area contributed by atoms with Crippen LogP contribution in [0.25, 0.3) is 0 Å². The van der Waals surface area contributed by atoms with Crippen molar-refractivity contribution in [3.63, 3.8) is 0 Å². The van der Waals surface area contributed by atoms with Gasteiger partial charge in [-0.3, -0.25) is 19.2 Å². The third kappa shape index (κ3) is 4.42. The number of thioether (sulfide) groups is 1. The van der Waals surface area contributed by atoms with Crippen LogP contribution in [0.2, 0.25) is 0 Å². The van der Waals surface area contributed by atoms with Crippen molar-refractivity contribution < 1.29 is 34.5 Å². The molecular weight excluding hydrogens is 522 g/mol. The minimum absolute atomic E-state index is 0.00977. The first-order chi connectivity index (χ1) is 18.5. The molecule has 3 atom stereocenters. The molecule has 11 heteroatoms. The molecule has 0 saturated heterocycles. The molecule has 3 unspecified atom stereocenters. The minimum Gasteiger partial charge on any atom is -0.511 e. The number of phenols is 1.